The van der Waals surface area contributed by atoms with E-state index in [1.807, 2.05) is 18.7 Å². The first-order valence-corrected chi connectivity index (χ1v) is 12.6. The zero-order valence-electron chi connectivity index (χ0n) is 19.8. The van der Waals surface area contributed by atoms with Crippen molar-refractivity contribution in [2.45, 2.75) is 70.1 Å². The molecule has 0 radical (unpaired) electrons. The number of morpholine rings is 1. The zero-order valence-corrected chi connectivity index (χ0v) is 22.2. The van der Waals surface area contributed by atoms with Gasteiger partial charge in [0.05, 0.1) is 12.3 Å². The molecule has 2 aromatic rings. The van der Waals surface area contributed by atoms with Crippen molar-refractivity contribution in [2.24, 2.45) is 7.05 Å². The van der Waals surface area contributed by atoms with Gasteiger partial charge in [0.1, 0.15) is 6.10 Å². The maximum Gasteiger partial charge on any atom is 0.250 e. The van der Waals surface area contributed by atoms with Gasteiger partial charge in [-0.05, 0) is 69.7 Å². The van der Waals surface area contributed by atoms with Gasteiger partial charge >= 0.3 is 0 Å². The second kappa shape index (κ2) is 11.8. The van der Waals surface area contributed by atoms with E-state index in [4.69, 9.17) is 9.84 Å². The largest absolute Gasteiger partial charge is 0.365 e. The van der Waals surface area contributed by atoms with Gasteiger partial charge in [0, 0.05) is 48.3 Å². The lowest BCUT2D eigenvalue weighted by atomic mass is 9.82. The highest BCUT2D eigenvalue weighted by molar-refractivity contribution is 9.10. The van der Waals surface area contributed by atoms with E-state index >= 15 is 0 Å². The molecule has 182 valence electrons. The monoisotopic (exact) mass is 538 g/mol. The fourth-order valence-corrected chi connectivity index (χ4v) is 5.43. The first kappa shape index (κ1) is 26.2. The number of benzene rings is 1. The summed E-state index contributed by atoms with van der Waals surface area (Å²) in [7, 11) is 2.02. The Morgan fingerprint density at radius 3 is 2.52 bits per heavy atom. The van der Waals surface area contributed by atoms with Crippen molar-refractivity contribution < 1.29 is 9.53 Å². The Morgan fingerprint density at radius 2 is 1.91 bits per heavy atom. The average Bonchev–Trinajstić information content (AvgIpc) is 3.14. The summed E-state index contributed by atoms with van der Waals surface area (Å²) in [5.74, 6) is 0.550. The fraction of sp³-hybridized carbons (Fsp3) is 0.600. The summed E-state index contributed by atoms with van der Waals surface area (Å²) >= 11 is 3.53. The van der Waals surface area contributed by atoms with Crippen molar-refractivity contribution in [2.75, 3.05) is 19.7 Å². The molecule has 1 aliphatic carbocycles. The van der Waals surface area contributed by atoms with Gasteiger partial charge in [0.25, 0.3) is 0 Å². The topological polar surface area (TPSA) is 59.4 Å². The third kappa shape index (κ3) is 6.38. The molecule has 2 fully saturated rings. The van der Waals surface area contributed by atoms with Crippen LogP contribution >= 0.6 is 28.3 Å². The van der Waals surface area contributed by atoms with Crippen LogP contribution in [0.2, 0.25) is 0 Å². The Bertz CT molecular complexity index is 892. The number of ether oxygens (including phenoxy) is 1. The van der Waals surface area contributed by atoms with Crippen LogP contribution in [0.5, 0.6) is 0 Å². The van der Waals surface area contributed by atoms with E-state index in [-0.39, 0.29) is 24.4 Å². The van der Waals surface area contributed by atoms with Crippen LogP contribution in [0.4, 0.5) is 0 Å². The molecule has 1 saturated carbocycles. The highest BCUT2D eigenvalue weighted by atomic mass is 79.9. The van der Waals surface area contributed by atoms with Crippen molar-refractivity contribution in [1.82, 2.24) is 20.0 Å². The van der Waals surface area contributed by atoms with Crippen LogP contribution in [0.1, 0.15) is 55.5 Å². The summed E-state index contributed by atoms with van der Waals surface area (Å²) < 4.78 is 9.13. The van der Waals surface area contributed by atoms with Crippen LogP contribution < -0.4 is 5.32 Å². The number of hydrogen-bond donors (Lipinski definition) is 1. The SMILES string of the molecule is CCNC(=O)[C@H]1CN(C2CCC(c3cc(C)n(C)n3)CC2)[C@@H](Cc2ccc(Br)cc2)CO1.Cl. The van der Waals surface area contributed by atoms with E-state index in [0.29, 0.717) is 37.7 Å². The summed E-state index contributed by atoms with van der Waals surface area (Å²) in [5.41, 5.74) is 3.76. The van der Waals surface area contributed by atoms with Gasteiger partial charge in [0.15, 0.2) is 0 Å². The van der Waals surface area contributed by atoms with Crippen LogP contribution in [0, 0.1) is 6.92 Å². The van der Waals surface area contributed by atoms with Crippen molar-refractivity contribution in [3.63, 3.8) is 0 Å². The number of aromatic nitrogens is 2. The first-order chi connectivity index (χ1) is 15.4. The van der Waals surface area contributed by atoms with Gasteiger partial charge in [-0.2, -0.15) is 5.10 Å². The van der Waals surface area contributed by atoms with E-state index in [9.17, 15) is 4.79 Å². The van der Waals surface area contributed by atoms with Gasteiger partial charge in [-0.25, -0.2) is 0 Å². The molecule has 1 saturated heterocycles. The Kier molecular flexibility index (Phi) is 9.39. The Morgan fingerprint density at radius 1 is 1.21 bits per heavy atom. The number of nitrogens with one attached hydrogen (secondary N) is 1. The molecule has 0 bridgehead atoms. The third-order valence-electron chi connectivity index (χ3n) is 7.08. The smallest absolute Gasteiger partial charge is 0.250 e. The second-order valence-electron chi connectivity index (χ2n) is 9.24. The number of rotatable bonds is 6. The number of nitrogens with zero attached hydrogens (tertiary/aromatic N) is 3. The Hall–Kier alpha value is -1.41. The lowest BCUT2D eigenvalue weighted by Gasteiger charge is -2.45. The number of carbonyl (C=O) groups excluding carboxylic acids is 1. The molecular weight excluding hydrogens is 504 g/mol. The van der Waals surface area contributed by atoms with Crippen molar-refractivity contribution in [3.05, 3.63) is 51.8 Å². The summed E-state index contributed by atoms with van der Waals surface area (Å²) in [6, 6.07) is 11.6. The van der Waals surface area contributed by atoms with Crippen molar-refractivity contribution in [3.8, 4) is 0 Å². The molecule has 1 aromatic heterocycles. The molecule has 1 aromatic carbocycles. The van der Waals surface area contributed by atoms with Gasteiger partial charge < -0.3 is 10.1 Å². The molecule has 2 aliphatic rings. The minimum atomic E-state index is -0.382. The van der Waals surface area contributed by atoms with Gasteiger partial charge in [-0.3, -0.25) is 14.4 Å². The predicted octanol–water partition coefficient (Wildman–Crippen LogP) is 4.39. The Balaban J connectivity index is 0.00000306. The predicted molar refractivity (Wildman–Crippen MR) is 137 cm³/mol. The number of halogens is 2. The van der Waals surface area contributed by atoms with Gasteiger partial charge in [-0.1, -0.05) is 28.1 Å². The average molecular weight is 540 g/mol. The molecule has 2 atom stereocenters. The number of carbonyl (C=O) groups is 1. The zero-order chi connectivity index (χ0) is 22.7. The molecule has 0 unspecified atom stereocenters. The van der Waals surface area contributed by atoms with Crippen LogP contribution in [0.25, 0.3) is 0 Å². The Labute approximate surface area is 212 Å². The van der Waals surface area contributed by atoms with Gasteiger partial charge in [-0.15, -0.1) is 12.4 Å². The molecule has 1 N–H and O–H groups in total. The molecule has 1 amide bonds. The highest BCUT2D eigenvalue weighted by Gasteiger charge is 2.38. The lowest BCUT2D eigenvalue weighted by molar-refractivity contribution is -0.145. The molecule has 8 heteroatoms. The van der Waals surface area contributed by atoms with E-state index in [2.05, 4.69) is 63.4 Å². The van der Waals surface area contributed by atoms with Gasteiger partial charge in [0.2, 0.25) is 5.91 Å². The number of likely N-dealkylation sites (N-methyl/N-ethyl adjacent to an activating group) is 1. The molecule has 6 nitrogen and oxygen atoms in total. The summed E-state index contributed by atoms with van der Waals surface area (Å²) in [5, 5.41) is 7.67. The second-order valence-corrected chi connectivity index (χ2v) is 10.2. The highest BCUT2D eigenvalue weighted by Crippen LogP contribution is 2.36. The van der Waals surface area contributed by atoms with E-state index < -0.39 is 0 Å². The normalized spacial score (nSPS) is 25.9. The minimum Gasteiger partial charge on any atom is -0.365 e. The van der Waals surface area contributed by atoms with Crippen molar-refractivity contribution in [1.29, 1.82) is 0 Å². The lowest BCUT2D eigenvalue weighted by Crippen LogP contribution is -2.58. The summed E-state index contributed by atoms with van der Waals surface area (Å²) in [6.45, 7) is 5.97. The maximum atomic E-state index is 12.5. The molecular formula is C25H36BrClN4O2. The molecule has 4 rings (SSSR count). The maximum absolute atomic E-state index is 12.5. The number of amides is 1. The van der Waals surface area contributed by atoms with Crippen LogP contribution in [-0.2, 0) is 23.0 Å². The molecule has 1 aliphatic heterocycles. The fourth-order valence-electron chi connectivity index (χ4n) is 5.17. The summed E-state index contributed by atoms with van der Waals surface area (Å²) in [4.78, 5) is 15.1. The van der Waals surface area contributed by atoms with Crippen molar-refractivity contribution >= 4 is 34.2 Å². The van der Waals surface area contributed by atoms with E-state index in [0.717, 1.165) is 36.6 Å². The summed E-state index contributed by atoms with van der Waals surface area (Å²) in [6.07, 6.45) is 5.13. The third-order valence-corrected chi connectivity index (χ3v) is 7.61. The van der Waals surface area contributed by atoms with Crippen LogP contribution in [-0.4, -0.2) is 58.5 Å². The van der Waals surface area contributed by atoms with E-state index in [1.54, 1.807) is 0 Å². The molecule has 33 heavy (non-hydrogen) atoms. The standard InChI is InChI=1S/C25H35BrN4O2.ClH/c1-4-27-25(31)24-15-30(22(16-32-24)14-18-5-9-20(26)10-6-18)21-11-7-19(8-12-21)23-13-17(2)29(3)28-23;/h5-6,9-10,13,19,21-22,24H,4,7-8,11-12,14-16H2,1-3H3,(H,27,31);1H/t19?,21?,22-,24+;/m0./s1. The van der Waals surface area contributed by atoms with Crippen LogP contribution in [0.15, 0.2) is 34.8 Å². The number of aryl methyl sites for hydroxylation is 2. The first-order valence-electron chi connectivity index (χ1n) is 11.8. The molecule has 0 spiro atoms. The molecule has 2 heterocycles. The van der Waals surface area contributed by atoms with E-state index in [1.165, 1.54) is 17.0 Å². The number of hydrogen-bond acceptors (Lipinski definition) is 4. The minimum absolute atomic E-state index is 0. The van der Waals surface area contributed by atoms with Crippen LogP contribution in [0.3, 0.4) is 0 Å². The quantitative estimate of drug-likeness (QED) is 0.592.